The van der Waals surface area contributed by atoms with E-state index in [0.717, 1.165) is 31.4 Å². The lowest BCUT2D eigenvalue weighted by atomic mass is 9.80. The molecular weight excluding hydrogens is 224 g/mol. The number of hydrogen-bond acceptors (Lipinski definition) is 2. The molecule has 2 atom stereocenters. The summed E-state index contributed by atoms with van der Waals surface area (Å²) in [5.74, 6) is 0.819. The van der Waals surface area contributed by atoms with Crippen molar-refractivity contribution in [3.05, 3.63) is 23.3 Å². The molecule has 0 amide bonds. The molecule has 100 valence electrons. The molecule has 2 aliphatic carbocycles. The van der Waals surface area contributed by atoms with E-state index in [0.29, 0.717) is 18.1 Å². The van der Waals surface area contributed by atoms with Gasteiger partial charge in [0.25, 0.3) is 0 Å². The predicted molar refractivity (Wildman–Crippen MR) is 73.4 cm³/mol. The third kappa shape index (κ3) is 2.74. The van der Waals surface area contributed by atoms with Crippen LogP contribution in [0.25, 0.3) is 0 Å². The zero-order valence-electron chi connectivity index (χ0n) is 11.8. The summed E-state index contributed by atoms with van der Waals surface area (Å²) >= 11 is 0. The van der Waals surface area contributed by atoms with E-state index in [1.54, 1.807) is 7.11 Å². The average molecular weight is 248 g/mol. The minimum atomic E-state index is 0.152. The van der Waals surface area contributed by atoms with Crippen molar-refractivity contribution < 1.29 is 9.53 Å². The van der Waals surface area contributed by atoms with E-state index in [4.69, 9.17) is 4.74 Å². The largest absolute Gasteiger partial charge is 0.385 e. The monoisotopic (exact) mass is 248 g/mol. The van der Waals surface area contributed by atoms with Gasteiger partial charge in [0, 0.05) is 25.6 Å². The summed E-state index contributed by atoms with van der Waals surface area (Å²) in [6.07, 6.45) is 9.92. The molecular formula is C16H24O2. The van der Waals surface area contributed by atoms with Crippen LogP contribution in [0, 0.1) is 11.3 Å². The molecule has 0 fully saturated rings. The molecule has 0 heterocycles. The van der Waals surface area contributed by atoms with Crippen LogP contribution in [-0.4, -0.2) is 19.5 Å². The van der Waals surface area contributed by atoms with Crippen LogP contribution in [0.3, 0.4) is 0 Å². The number of ketones is 1. The Bertz CT molecular complexity index is 392. The number of Topliss-reactive ketones (excluding diaryl/α,β-unsaturated/α-hetero) is 1. The van der Waals surface area contributed by atoms with Gasteiger partial charge in [0.1, 0.15) is 0 Å². The van der Waals surface area contributed by atoms with Gasteiger partial charge in [-0.2, -0.15) is 0 Å². The molecule has 0 aromatic carbocycles. The van der Waals surface area contributed by atoms with Gasteiger partial charge < -0.3 is 4.74 Å². The van der Waals surface area contributed by atoms with Gasteiger partial charge in [-0.25, -0.2) is 0 Å². The van der Waals surface area contributed by atoms with Crippen molar-refractivity contribution in [2.45, 2.75) is 46.0 Å². The number of ether oxygens (including phenoxy) is 1. The molecule has 0 saturated carbocycles. The Balaban J connectivity index is 2.11. The Morgan fingerprint density at radius 2 is 2.11 bits per heavy atom. The Labute approximate surface area is 110 Å². The Hall–Kier alpha value is -0.890. The predicted octanol–water partition coefficient (Wildman–Crippen LogP) is 3.67. The van der Waals surface area contributed by atoms with Crippen molar-refractivity contribution >= 4 is 5.78 Å². The van der Waals surface area contributed by atoms with Crippen LogP contribution in [0.15, 0.2) is 23.3 Å². The van der Waals surface area contributed by atoms with Gasteiger partial charge in [-0.05, 0) is 51.0 Å². The third-order valence-corrected chi connectivity index (χ3v) is 4.40. The molecule has 2 heteroatoms. The molecule has 2 rings (SSSR count). The van der Waals surface area contributed by atoms with Crippen molar-refractivity contribution in [1.82, 2.24) is 0 Å². The molecule has 2 bridgehead atoms. The van der Waals surface area contributed by atoms with E-state index >= 15 is 0 Å². The fourth-order valence-corrected chi connectivity index (χ4v) is 3.43. The summed E-state index contributed by atoms with van der Waals surface area (Å²) in [4.78, 5) is 12.0. The van der Waals surface area contributed by atoms with Gasteiger partial charge in [-0.3, -0.25) is 4.79 Å². The van der Waals surface area contributed by atoms with Crippen LogP contribution in [0.4, 0.5) is 0 Å². The van der Waals surface area contributed by atoms with Gasteiger partial charge >= 0.3 is 0 Å². The molecule has 0 aliphatic heterocycles. The minimum Gasteiger partial charge on any atom is -0.385 e. The average Bonchev–Trinajstić information content (AvgIpc) is 2.54. The van der Waals surface area contributed by atoms with E-state index in [-0.39, 0.29) is 5.41 Å². The minimum absolute atomic E-state index is 0.152. The SMILES string of the molecule is COCCCCC12C=C(C)C(=O)CC(C1)C(C)=C2. The highest BCUT2D eigenvalue weighted by molar-refractivity contribution is 5.95. The summed E-state index contributed by atoms with van der Waals surface area (Å²) in [5.41, 5.74) is 2.53. The Morgan fingerprint density at radius 3 is 2.83 bits per heavy atom. The molecule has 2 unspecified atom stereocenters. The number of carbonyl (C=O) groups is 1. The molecule has 0 saturated heterocycles. The number of allylic oxidation sites excluding steroid dienone is 4. The first-order valence-corrected chi connectivity index (χ1v) is 6.97. The highest BCUT2D eigenvalue weighted by atomic mass is 16.5. The standard InChI is InChI=1S/C16H24O2/c1-12-9-16(6-4-5-7-18-3)10-13(2)15(17)8-14(12)11-16/h9-10,14H,4-8,11H2,1-3H3. The third-order valence-electron chi connectivity index (χ3n) is 4.40. The number of fused-ring (bicyclic) bond motifs is 2. The van der Waals surface area contributed by atoms with Crippen LogP contribution in [0.2, 0.25) is 0 Å². The van der Waals surface area contributed by atoms with Crippen LogP contribution >= 0.6 is 0 Å². The highest BCUT2D eigenvalue weighted by Crippen LogP contribution is 2.48. The smallest absolute Gasteiger partial charge is 0.158 e. The first-order chi connectivity index (χ1) is 8.56. The molecule has 2 nitrogen and oxygen atoms in total. The van der Waals surface area contributed by atoms with Gasteiger partial charge in [-0.15, -0.1) is 0 Å². The van der Waals surface area contributed by atoms with E-state index in [1.165, 1.54) is 12.0 Å². The lowest BCUT2D eigenvalue weighted by molar-refractivity contribution is -0.116. The van der Waals surface area contributed by atoms with Gasteiger partial charge in [-0.1, -0.05) is 17.7 Å². The first kappa shape index (κ1) is 13.5. The second-order valence-electron chi connectivity index (χ2n) is 5.93. The normalized spacial score (nSPS) is 31.1. The maximum Gasteiger partial charge on any atom is 0.158 e. The van der Waals surface area contributed by atoms with Crippen LogP contribution in [0.1, 0.15) is 46.0 Å². The van der Waals surface area contributed by atoms with E-state index in [2.05, 4.69) is 19.1 Å². The number of methoxy groups -OCH3 is 1. The summed E-state index contributed by atoms with van der Waals surface area (Å²) in [6, 6.07) is 0. The molecule has 18 heavy (non-hydrogen) atoms. The zero-order chi connectivity index (χ0) is 13.2. The van der Waals surface area contributed by atoms with Crippen molar-refractivity contribution in [2.75, 3.05) is 13.7 Å². The first-order valence-electron chi connectivity index (χ1n) is 6.97. The highest BCUT2D eigenvalue weighted by Gasteiger charge is 2.39. The summed E-state index contributed by atoms with van der Waals surface area (Å²) in [6.45, 7) is 5.00. The van der Waals surface area contributed by atoms with E-state index in [9.17, 15) is 4.79 Å². The van der Waals surface area contributed by atoms with Crippen LogP contribution in [0.5, 0.6) is 0 Å². The maximum absolute atomic E-state index is 12.0. The number of rotatable bonds is 5. The van der Waals surface area contributed by atoms with Crippen molar-refractivity contribution in [1.29, 1.82) is 0 Å². The molecule has 0 spiro atoms. The molecule has 0 aromatic heterocycles. The second-order valence-corrected chi connectivity index (χ2v) is 5.93. The van der Waals surface area contributed by atoms with Crippen LogP contribution in [-0.2, 0) is 9.53 Å². The van der Waals surface area contributed by atoms with Gasteiger partial charge in [0.05, 0.1) is 0 Å². The second kappa shape index (κ2) is 5.40. The Morgan fingerprint density at radius 1 is 1.33 bits per heavy atom. The van der Waals surface area contributed by atoms with Gasteiger partial charge in [0.15, 0.2) is 5.78 Å². The molecule has 0 aromatic rings. The zero-order valence-corrected chi connectivity index (χ0v) is 11.8. The lowest BCUT2D eigenvalue weighted by Crippen LogP contribution is -2.13. The quantitative estimate of drug-likeness (QED) is 0.548. The molecule has 0 N–H and O–H groups in total. The van der Waals surface area contributed by atoms with E-state index in [1.807, 2.05) is 6.92 Å². The number of hydrogen-bond donors (Lipinski definition) is 0. The fraction of sp³-hybridized carbons (Fsp3) is 0.688. The van der Waals surface area contributed by atoms with Gasteiger partial charge in [0.2, 0.25) is 0 Å². The van der Waals surface area contributed by atoms with Crippen molar-refractivity contribution in [3.63, 3.8) is 0 Å². The van der Waals surface area contributed by atoms with Crippen molar-refractivity contribution in [3.8, 4) is 0 Å². The van der Waals surface area contributed by atoms with E-state index < -0.39 is 0 Å². The number of unbranched alkanes of at least 4 members (excludes halogenated alkanes) is 1. The fourth-order valence-electron chi connectivity index (χ4n) is 3.43. The summed E-state index contributed by atoms with van der Waals surface area (Å²) in [5, 5.41) is 0. The molecule has 0 radical (unpaired) electrons. The Kier molecular flexibility index (Phi) is 4.06. The van der Waals surface area contributed by atoms with Crippen molar-refractivity contribution in [2.24, 2.45) is 11.3 Å². The maximum atomic E-state index is 12.0. The summed E-state index contributed by atoms with van der Waals surface area (Å²) in [7, 11) is 1.75. The molecule has 2 aliphatic rings. The topological polar surface area (TPSA) is 26.3 Å². The number of carbonyl (C=O) groups excluding carboxylic acids is 1. The summed E-state index contributed by atoms with van der Waals surface area (Å²) < 4.78 is 5.11. The lowest BCUT2D eigenvalue weighted by Gasteiger charge is -2.24. The van der Waals surface area contributed by atoms with Crippen LogP contribution < -0.4 is 0 Å².